The SMILES string of the molecule is NC(Cc1c[nH]c2ccccc12)C(=O)NC(Cc1ccccc1)C(=O)NC(Cc1ccc(O)cc1)C(=O)NCC(=O)O. The number of nitrogens with one attached hydrogen (secondary N) is 4. The van der Waals surface area contributed by atoms with Crippen LogP contribution in [0.2, 0.25) is 0 Å². The smallest absolute Gasteiger partial charge is 0.322 e. The Bertz CT molecular complexity index is 1540. The molecule has 0 saturated carbocycles. The summed E-state index contributed by atoms with van der Waals surface area (Å²) in [7, 11) is 0. The lowest BCUT2D eigenvalue weighted by atomic mass is 10.0. The number of para-hydroxylation sites is 1. The molecule has 0 bridgehead atoms. The molecule has 3 aromatic carbocycles. The Morgan fingerprint density at radius 2 is 1.33 bits per heavy atom. The van der Waals surface area contributed by atoms with Crippen LogP contribution >= 0.6 is 0 Å². The zero-order valence-electron chi connectivity index (χ0n) is 22.7. The van der Waals surface area contributed by atoms with E-state index in [9.17, 15) is 24.3 Å². The molecule has 11 nitrogen and oxygen atoms in total. The molecule has 11 heteroatoms. The third kappa shape index (κ3) is 8.18. The van der Waals surface area contributed by atoms with E-state index in [0.717, 1.165) is 22.0 Å². The van der Waals surface area contributed by atoms with E-state index in [4.69, 9.17) is 10.8 Å². The number of hydrogen-bond acceptors (Lipinski definition) is 6. The van der Waals surface area contributed by atoms with Crippen molar-refractivity contribution in [2.45, 2.75) is 37.4 Å². The van der Waals surface area contributed by atoms with Crippen LogP contribution in [-0.2, 0) is 38.4 Å². The Kier molecular flexibility index (Phi) is 9.90. The van der Waals surface area contributed by atoms with Crippen molar-refractivity contribution in [1.29, 1.82) is 0 Å². The number of aromatic hydroxyl groups is 1. The highest BCUT2D eigenvalue weighted by atomic mass is 16.4. The summed E-state index contributed by atoms with van der Waals surface area (Å²) in [5.41, 5.74) is 9.45. The highest BCUT2D eigenvalue weighted by Crippen LogP contribution is 2.19. The van der Waals surface area contributed by atoms with E-state index in [1.165, 1.54) is 12.1 Å². The van der Waals surface area contributed by atoms with Gasteiger partial charge in [0, 0.05) is 29.9 Å². The largest absolute Gasteiger partial charge is 0.508 e. The number of aromatic nitrogens is 1. The number of carbonyl (C=O) groups is 4. The number of amides is 3. The number of aliphatic carboxylic acids is 1. The molecule has 1 heterocycles. The van der Waals surface area contributed by atoms with Gasteiger partial charge in [-0.3, -0.25) is 19.2 Å². The number of phenolic OH excluding ortho intramolecular Hbond substituents is 1. The quantitative estimate of drug-likeness (QED) is 0.126. The Hall–Kier alpha value is -5.16. The van der Waals surface area contributed by atoms with E-state index in [1.807, 2.05) is 54.6 Å². The third-order valence-electron chi connectivity index (χ3n) is 6.79. The number of phenols is 1. The summed E-state index contributed by atoms with van der Waals surface area (Å²) in [5.74, 6) is -3.09. The van der Waals surface area contributed by atoms with Crippen molar-refractivity contribution in [3.63, 3.8) is 0 Å². The maximum atomic E-state index is 13.6. The highest BCUT2D eigenvalue weighted by Gasteiger charge is 2.29. The van der Waals surface area contributed by atoms with Gasteiger partial charge in [0.05, 0.1) is 6.04 Å². The van der Waals surface area contributed by atoms with Gasteiger partial charge in [-0.1, -0.05) is 60.7 Å². The van der Waals surface area contributed by atoms with Crippen molar-refractivity contribution in [1.82, 2.24) is 20.9 Å². The molecule has 3 unspecified atom stereocenters. The predicted octanol–water partition coefficient (Wildman–Crippen LogP) is 1.40. The molecule has 0 saturated heterocycles. The van der Waals surface area contributed by atoms with Gasteiger partial charge in [-0.25, -0.2) is 0 Å². The summed E-state index contributed by atoms with van der Waals surface area (Å²) in [4.78, 5) is 53.9. The molecule has 0 spiro atoms. The second kappa shape index (κ2) is 14.0. The van der Waals surface area contributed by atoms with Gasteiger partial charge in [-0.05, 0) is 41.3 Å². The first-order chi connectivity index (χ1) is 20.2. The summed E-state index contributed by atoms with van der Waals surface area (Å²) < 4.78 is 0. The number of aromatic amines is 1. The van der Waals surface area contributed by atoms with E-state index in [1.54, 1.807) is 18.3 Å². The molecule has 3 amide bonds. The second-order valence-corrected chi connectivity index (χ2v) is 9.96. The van der Waals surface area contributed by atoms with Crippen LogP contribution in [-0.4, -0.2) is 63.6 Å². The van der Waals surface area contributed by atoms with Gasteiger partial charge >= 0.3 is 5.97 Å². The van der Waals surface area contributed by atoms with Crippen LogP contribution in [0.15, 0.2) is 85.1 Å². The number of benzene rings is 3. The Morgan fingerprint density at radius 3 is 2.02 bits per heavy atom. The maximum Gasteiger partial charge on any atom is 0.322 e. The van der Waals surface area contributed by atoms with Crippen LogP contribution in [0, 0.1) is 0 Å². The van der Waals surface area contributed by atoms with Crippen molar-refractivity contribution in [2.75, 3.05) is 6.54 Å². The first kappa shape index (κ1) is 29.8. The van der Waals surface area contributed by atoms with Crippen molar-refractivity contribution < 1.29 is 29.4 Å². The standard InChI is InChI=1S/C31H33N5O6/c32-24(16-21-17-33-25-9-5-4-8-23(21)25)29(40)35-27(14-19-6-2-1-3-7-19)31(42)36-26(30(41)34-18-28(38)39)15-20-10-12-22(37)13-11-20/h1-13,17,24,26-27,33,37H,14-16,18,32H2,(H,34,41)(H,35,40)(H,36,42)(H,38,39). The molecule has 0 radical (unpaired) electrons. The molecule has 1 aromatic heterocycles. The molecule has 4 aromatic rings. The molecule has 218 valence electrons. The first-order valence-electron chi connectivity index (χ1n) is 13.4. The lowest BCUT2D eigenvalue weighted by molar-refractivity contribution is -0.138. The number of carboxylic acids is 1. The van der Waals surface area contributed by atoms with Crippen molar-refractivity contribution in [3.8, 4) is 5.75 Å². The predicted molar refractivity (Wildman–Crippen MR) is 156 cm³/mol. The van der Waals surface area contributed by atoms with Gasteiger partial charge < -0.3 is 36.9 Å². The summed E-state index contributed by atoms with van der Waals surface area (Å²) in [5, 5.41) is 27.3. The van der Waals surface area contributed by atoms with Gasteiger partial charge in [0.1, 0.15) is 24.4 Å². The number of nitrogens with two attached hydrogens (primary N) is 1. The van der Waals surface area contributed by atoms with E-state index < -0.39 is 48.4 Å². The molecule has 3 atom stereocenters. The molecule has 0 aliphatic rings. The third-order valence-corrected chi connectivity index (χ3v) is 6.79. The summed E-state index contributed by atoms with van der Waals surface area (Å²) >= 11 is 0. The first-order valence-corrected chi connectivity index (χ1v) is 13.4. The molecule has 0 aliphatic carbocycles. The highest BCUT2D eigenvalue weighted by molar-refractivity contribution is 5.94. The zero-order valence-corrected chi connectivity index (χ0v) is 22.7. The summed E-state index contributed by atoms with van der Waals surface area (Å²) in [6, 6.07) is 19.6. The number of fused-ring (bicyclic) bond motifs is 1. The number of rotatable bonds is 13. The lowest BCUT2D eigenvalue weighted by Crippen LogP contribution is -2.57. The minimum Gasteiger partial charge on any atom is -0.508 e. The fourth-order valence-corrected chi connectivity index (χ4v) is 4.60. The zero-order chi connectivity index (χ0) is 30.1. The normalized spacial score (nSPS) is 13.1. The fraction of sp³-hybridized carbons (Fsp3) is 0.226. The van der Waals surface area contributed by atoms with Crippen LogP contribution in [0.5, 0.6) is 5.75 Å². The topological polar surface area (TPSA) is 187 Å². The number of H-pyrrole nitrogens is 1. The molecule has 42 heavy (non-hydrogen) atoms. The van der Waals surface area contributed by atoms with Crippen molar-refractivity contribution >= 4 is 34.6 Å². The van der Waals surface area contributed by atoms with Crippen molar-refractivity contribution in [2.24, 2.45) is 5.73 Å². The summed E-state index contributed by atoms with van der Waals surface area (Å²) in [6.45, 7) is -0.631. The number of carbonyl (C=O) groups excluding carboxylic acids is 3. The van der Waals surface area contributed by atoms with E-state index >= 15 is 0 Å². The van der Waals surface area contributed by atoms with Crippen LogP contribution in [0.4, 0.5) is 0 Å². The lowest BCUT2D eigenvalue weighted by Gasteiger charge is -2.24. The molecule has 4 rings (SSSR count). The summed E-state index contributed by atoms with van der Waals surface area (Å²) in [6.07, 6.45) is 2.18. The number of hydrogen-bond donors (Lipinski definition) is 7. The fourth-order valence-electron chi connectivity index (χ4n) is 4.60. The van der Waals surface area contributed by atoms with E-state index in [-0.39, 0.29) is 25.0 Å². The Balaban J connectivity index is 1.51. The Morgan fingerprint density at radius 1 is 0.738 bits per heavy atom. The molecule has 8 N–H and O–H groups in total. The van der Waals surface area contributed by atoms with Gasteiger partial charge in [-0.2, -0.15) is 0 Å². The van der Waals surface area contributed by atoms with Crippen LogP contribution in [0.1, 0.15) is 16.7 Å². The second-order valence-electron chi connectivity index (χ2n) is 9.96. The van der Waals surface area contributed by atoms with Gasteiger partial charge in [0.25, 0.3) is 0 Å². The average Bonchev–Trinajstić information content (AvgIpc) is 3.39. The molecular formula is C31H33N5O6. The van der Waals surface area contributed by atoms with Gasteiger partial charge in [-0.15, -0.1) is 0 Å². The van der Waals surface area contributed by atoms with Crippen LogP contribution in [0.3, 0.4) is 0 Å². The van der Waals surface area contributed by atoms with Crippen molar-refractivity contribution in [3.05, 3.63) is 102 Å². The molecular weight excluding hydrogens is 538 g/mol. The van der Waals surface area contributed by atoms with Gasteiger partial charge in [0.2, 0.25) is 17.7 Å². The maximum absolute atomic E-state index is 13.6. The molecule has 0 fully saturated rings. The Labute approximate surface area is 242 Å². The van der Waals surface area contributed by atoms with Crippen LogP contribution in [0.25, 0.3) is 10.9 Å². The van der Waals surface area contributed by atoms with Gasteiger partial charge in [0.15, 0.2) is 0 Å². The molecule has 0 aliphatic heterocycles. The minimum atomic E-state index is -1.24. The van der Waals surface area contributed by atoms with E-state index in [0.29, 0.717) is 5.56 Å². The monoisotopic (exact) mass is 571 g/mol. The number of carboxylic acid groups (broad SMARTS) is 1. The van der Waals surface area contributed by atoms with E-state index in [2.05, 4.69) is 20.9 Å². The minimum absolute atomic E-state index is 0.0174. The average molecular weight is 572 g/mol. The van der Waals surface area contributed by atoms with Crippen LogP contribution < -0.4 is 21.7 Å².